The summed E-state index contributed by atoms with van der Waals surface area (Å²) in [6.07, 6.45) is 2.66. The largest absolute Gasteiger partial charge is 0.490 e. The molecule has 0 radical (unpaired) electrons. The number of carbonyl (C=O) groups is 1. The third kappa shape index (κ3) is 2.56. The summed E-state index contributed by atoms with van der Waals surface area (Å²) in [5.74, 6) is 0.212. The first-order valence-corrected chi connectivity index (χ1v) is 5.88. The molecule has 1 aromatic rings. The summed E-state index contributed by atoms with van der Waals surface area (Å²) in [6.45, 7) is 2.46. The molecule has 0 bridgehead atoms. The van der Waals surface area contributed by atoms with E-state index in [1.807, 2.05) is 43.3 Å². The Labute approximate surface area is 101 Å². The predicted octanol–water partition coefficient (Wildman–Crippen LogP) is 2.20. The maximum atomic E-state index is 12.1. The summed E-state index contributed by atoms with van der Waals surface area (Å²) in [7, 11) is 0. The molecule has 17 heavy (non-hydrogen) atoms. The quantitative estimate of drug-likeness (QED) is 0.864. The molecule has 0 saturated carbocycles. The molecule has 1 heterocycles. The Bertz CT molecular complexity index is 425. The van der Waals surface area contributed by atoms with Crippen molar-refractivity contribution in [2.24, 2.45) is 11.7 Å². The van der Waals surface area contributed by atoms with Crippen molar-refractivity contribution >= 4 is 5.78 Å². The molecule has 90 valence electrons. The SMILES string of the molecule is CC(C(=O)C1=CCCO1)C(N)c1ccccc1. The van der Waals surface area contributed by atoms with Gasteiger partial charge in [-0.2, -0.15) is 0 Å². The highest BCUT2D eigenvalue weighted by molar-refractivity contribution is 5.95. The van der Waals surface area contributed by atoms with Crippen LogP contribution in [0.3, 0.4) is 0 Å². The van der Waals surface area contributed by atoms with Gasteiger partial charge in [0.2, 0.25) is 5.78 Å². The lowest BCUT2D eigenvalue weighted by Gasteiger charge is -2.19. The van der Waals surface area contributed by atoms with Gasteiger partial charge >= 0.3 is 0 Å². The number of allylic oxidation sites excluding steroid dienone is 1. The van der Waals surface area contributed by atoms with Gasteiger partial charge in [-0.25, -0.2) is 0 Å². The van der Waals surface area contributed by atoms with Crippen LogP contribution in [-0.2, 0) is 9.53 Å². The van der Waals surface area contributed by atoms with Crippen molar-refractivity contribution < 1.29 is 9.53 Å². The van der Waals surface area contributed by atoms with Crippen molar-refractivity contribution in [1.29, 1.82) is 0 Å². The van der Waals surface area contributed by atoms with Crippen molar-refractivity contribution in [2.45, 2.75) is 19.4 Å². The van der Waals surface area contributed by atoms with Gasteiger partial charge in [0, 0.05) is 18.4 Å². The maximum Gasteiger partial charge on any atom is 0.201 e. The fraction of sp³-hybridized carbons (Fsp3) is 0.357. The Morgan fingerprint density at radius 3 is 2.65 bits per heavy atom. The normalized spacial score (nSPS) is 18.1. The lowest BCUT2D eigenvalue weighted by atomic mass is 9.91. The van der Waals surface area contributed by atoms with Crippen LogP contribution < -0.4 is 5.73 Å². The van der Waals surface area contributed by atoms with E-state index >= 15 is 0 Å². The molecule has 1 aliphatic heterocycles. The Hall–Kier alpha value is -1.61. The van der Waals surface area contributed by atoms with Crippen LogP contribution in [0.4, 0.5) is 0 Å². The van der Waals surface area contributed by atoms with Gasteiger partial charge in [0.1, 0.15) is 0 Å². The molecule has 1 aromatic carbocycles. The number of ketones is 1. The molecule has 3 heteroatoms. The van der Waals surface area contributed by atoms with Gasteiger partial charge in [0.25, 0.3) is 0 Å². The zero-order valence-electron chi connectivity index (χ0n) is 9.93. The molecular weight excluding hydrogens is 214 g/mol. The number of carbonyl (C=O) groups excluding carboxylic acids is 1. The van der Waals surface area contributed by atoms with E-state index in [0.29, 0.717) is 12.4 Å². The first-order valence-electron chi connectivity index (χ1n) is 5.88. The first-order chi connectivity index (χ1) is 8.20. The number of ether oxygens (including phenoxy) is 1. The second-order valence-corrected chi connectivity index (χ2v) is 4.29. The molecule has 0 spiro atoms. The summed E-state index contributed by atoms with van der Waals surface area (Å²) < 4.78 is 5.28. The Balaban J connectivity index is 2.09. The number of hydrogen-bond donors (Lipinski definition) is 1. The first kappa shape index (κ1) is 11.9. The zero-order chi connectivity index (χ0) is 12.3. The zero-order valence-corrected chi connectivity index (χ0v) is 9.93. The highest BCUT2D eigenvalue weighted by atomic mass is 16.5. The molecule has 3 nitrogen and oxygen atoms in total. The van der Waals surface area contributed by atoms with Crippen LogP contribution in [0.5, 0.6) is 0 Å². The average Bonchev–Trinajstić information content (AvgIpc) is 2.91. The molecule has 2 unspecified atom stereocenters. The second-order valence-electron chi connectivity index (χ2n) is 4.29. The molecule has 0 amide bonds. The fourth-order valence-electron chi connectivity index (χ4n) is 1.94. The lowest BCUT2D eigenvalue weighted by Crippen LogP contribution is -2.27. The van der Waals surface area contributed by atoms with Crippen LogP contribution in [0, 0.1) is 5.92 Å². The summed E-state index contributed by atoms with van der Waals surface area (Å²) in [5, 5.41) is 0. The van der Waals surface area contributed by atoms with E-state index in [-0.39, 0.29) is 17.7 Å². The minimum Gasteiger partial charge on any atom is -0.490 e. The molecule has 0 aliphatic carbocycles. The van der Waals surface area contributed by atoms with Crippen molar-refractivity contribution in [3.8, 4) is 0 Å². The van der Waals surface area contributed by atoms with E-state index in [1.165, 1.54) is 0 Å². The Kier molecular flexibility index (Phi) is 3.59. The van der Waals surface area contributed by atoms with Gasteiger partial charge in [-0.3, -0.25) is 4.79 Å². The van der Waals surface area contributed by atoms with Crippen LogP contribution in [-0.4, -0.2) is 12.4 Å². The number of nitrogens with two attached hydrogens (primary N) is 1. The summed E-state index contributed by atoms with van der Waals surface area (Å²) in [5.41, 5.74) is 7.08. The molecule has 2 N–H and O–H groups in total. The van der Waals surface area contributed by atoms with E-state index in [9.17, 15) is 4.79 Å². The van der Waals surface area contributed by atoms with Crippen molar-refractivity contribution in [3.05, 3.63) is 47.7 Å². The van der Waals surface area contributed by atoms with Gasteiger partial charge < -0.3 is 10.5 Å². The van der Waals surface area contributed by atoms with Crippen LogP contribution in [0.15, 0.2) is 42.2 Å². The third-order valence-corrected chi connectivity index (χ3v) is 3.08. The van der Waals surface area contributed by atoms with E-state index in [2.05, 4.69) is 0 Å². The van der Waals surface area contributed by atoms with E-state index in [0.717, 1.165) is 12.0 Å². The molecule has 2 atom stereocenters. The predicted molar refractivity (Wildman–Crippen MR) is 66.2 cm³/mol. The van der Waals surface area contributed by atoms with Gasteiger partial charge in [0.05, 0.1) is 6.61 Å². The minimum atomic E-state index is -0.284. The minimum absolute atomic E-state index is 0.00106. The summed E-state index contributed by atoms with van der Waals surface area (Å²) >= 11 is 0. The van der Waals surface area contributed by atoms with Crippen molar-refractivity contribution in [2.75, 3.05) is 6.61 Å². The summed E-state index contributed by atoms with van der Waals surface area (Å²) in [4.78, 5) is 12.1. The van der Waals surface area contributed by atoms with Gasteiger partial charge in [-0.1, -0.05) is 37.3 Å². The van der Waals surface area contributed by atoms with Crippen molar-refractivity contribution in [1.82, 2.24) is 0 Å². The monoisotopic (exact) mass is 231 g/mol. The Morgan fingerprint density at radius 2 is 2.06 bits per heavy atom. The van der Waals surface area contributed by atoms with Crippen LogP contribution >= 0.6 is 0 Å². The van der Waals surface area contributed by atoms with Crippen LogP contribution in [0.25, 0.3) is 0 Å². The summed E-state index contributed by atoms with van der Waals surface area (Å²) in [6, 6.07) is 9.39. The number of rotatable bonds is 4. The molecular formula is C14H17NO2. The van der Waals surface area contributed by atoms with Gasteiger partial charge in [-0.15, -0.1) is 0 Å². The lowest BCUT2D eigenvalue weighted by molar-refractivity contribution is -0.122. The van der Waals surface area contributed by atoms with Crippen LogP contribution in [0.1, 0.15) is 24.9 Å². The number of hydrogen-bond acceptors (Lipinski definition) is 3. The fourth-order valence-corrected chi connectivity index (χ4v) is 1.94. The number of Topliss-reactive ketones (excluding diaryl/α,β-unsaturated/α-hetero) is 1. The van der Waals surface area contributed by atoms with E-state index in [4.69, 9.17) is 10.5 Å². The smallest absolute Gasteiger partial charge is 0.201 e. The molecule has 0 aromatic heterocycles. The van der Waals surface area contributed by atoms with Crippen molar-refractivity contribution in [3.63, 3.8) is 0 Å². The molecule has 0 fully saturated rings. The highest BCUT2D eigenvalue weighted by Crippen LogP contribution is 2.24. The van der Waals surface area contributed by atoms with Gasteiger partial charge in [0.15, 0.2) is 5.76 Å². The highest BCUT2D eigenvalue weighted by Gasteiger charge is 2.27. The average molecular weight is 231 g/mol. The molecule has 1 aliphatic rings. The maximum absolute atomic E-state index is 12.1. The van der Waals surface area contributed by atoms with Crippen LogP contribution in [0.2, 0.25) is 0 Å². The Morgan fingerprint density at radius 1 is 1.35 bits per heavy atom. The third-order valence-electron chi connectivity index (χ3n) is 3.08. The number of benzene rings is 1. The van der Waals surface area contributed by atoms with E-state index < -0.39 is 0 Å². The van der Waals surface area contributed by atoms with E-state index in [1.54, 1.807) is 0 Å². The van der Waals surface area contributed by atoms with Gasteiger partial charge in [-0.05, 0) is 11.6 Å². The second kappa shape index (κ2) is 5.15. The topological polar surface area (TPSA) is 52.3 Å². The standard InChI is InChI=1S/C14H17NO2/c1-10(14(16)12-8-5-9-17-12)13(15)11-6-3-2-4-7-11/h2-4,6-8,10,13H,5,9,15H2,1H3. The molecule has 2 rings (SSSR count). The molecule has 0 saturated heterocycles.